The van der Waals surface area contributed by atoms with E-state index in [1.165, 1.54) is 17.0 Å². The molecule has 0 radical (unpaired) electrons. The number of hydrogen-bond donors (Lipinski definition) is 2. The van der Waals surface area contributed by atoms with Crippen LogP contribution in [0.4, 0.5) is 10.2 Å². The van der Waals surface area contributed by atoms with Crippen LogP contribution < -0.4 is 5.73 Å². The maximum Gasteiger partial charge on any atom is 0.153 e. The maximum atomic E-state index is 13.4. The van der Waals surface area contributed by atoms with Crippen molar-refractivity contribution in [2.45, 2.75) is 13.3 Å². The molecule has 0 aliphatic rings. The fourth-order valence-electron chi connectivity index (χ4n) is 2.17. The van der Waals surface area contributed by atoms with Gasteiger partial charge in [0.15, 0.2) is 5.82 Å². The van der Waals surface area contributed by atoms with Crippen LogP contribution in [0.2, 0.25) is 0 Å². The molecule has 3 N–H and O–H groups in total. The fourth-order valence-corrected chi connectivity index (χ4v) is 3.12. The van der Waals surface area contributed by atoms with E-state index in [1.54, 1.807) is 17.4 Å². The highest BCUT2D eigenvalue weighted by Gasteiger charge is 2.16. The largest absolute Gasteiger partial charge is 0.382 e. The van der Waals surface area contributed by atoms with Crippen molar-refractivity contribution < 1.29 is 4.39 Å². The summed E-state index contributed by atoms with van der Waals surface area (Å²) in [5.41, 5.74) is 8.28. The molecule has 0 amide bonds. The van der Waals surface area contributed by atoms with Crippen LogP contribution in [0.1, 0.15) is 11.8 Å². The zero-order chi connectivity index (χ0) is 14.1. The molecule has 5 heteroatoms. The van der Waals surface area contributed by atoms with E-state index in [-0.39, 0.29) is 5.82 Å². The van der Waals surface area contributed by atoms with Gasteiger partial charge in [-0.25, -0.2) is 4.39 Å². The van der Waals surface area contributed by atoms with Crippen LogP contribution in [-0.4, -0.2) is 10.2 Å². The van der Waals surface area contributed by atoms with Crippen LogP contribution >= 0.6 is 11.3 Å². The molecule has 3 nitrogen and oxygen atoms in total. The van der Waals surface area contributed by atoms with Gasteiger partial charge < -0.3 is 5.73 Å². The quantitative estimate of drug-likeness (QED) is 0.762. The molecule has 0 unspecified atom stereocenters. The van der Waals surface area contributed by atoms with Crippen molar-refractivity contribution in [2.75, 3.05) is 5.73 Å². The Morgan fingerprint density at radius 3 is 2.85 bits per heavy atom. The minimum Gasteiger partial charge on any atom is -0.382 e. The second kappa shape index (κ2) is 5.09. The highest BCUT2D eigenvalue weighted by molar-refractivity contribution is 7.15. The number of nitrogen functional groups attached to an aromatic ring is 1. The summed E-state index contributed by atoms with van der Waals surface area (Å²) in [5.74, 6) is 0.103. The zero-order valence-corrected chi connectivity index (χ0v) is 11.8. The third kappa shape index (κ3) is 2.20. The lowest BCUT2D eigenvalue weighted by Crippen LogP contribution is -1.89. The summed E-state index contributed by atoms with van der Waals surface area (Å²) in [6.07, 6.45) is 0.990. The molecule has 0 aliphatic heterocycles. The van der Waals surface area contributed by atoms with Crippen LogP contribution in [0, 0.1) is 5.82 Å². The fraction of sp³-hybridized carbons (Fsp3) is 0.133. The Hall–Kier alpha value is -2.14. The second-order valence-corrected chi connectivity index (χ2v) is 5.66. The third-order valence-electron chi connectivity index (χ3n) is 3.16. The molecule has 20 heavy (non-hydrogen) atoms. The zero-order valence-electron chi connectivity index (χ0n) is 11.0. The number of nitrogens with zero attached hydrogens (tertiary/aromatic N) is 1. The third-order valence-corrected chi connectivity index (χ3v) is 4.41. The molecule has 102 valence electrons. The second-order valence-electron chi connectivity index (χ2n) is 4.49. The normalized spacial score (nSPS) is 10.9. The number of benzene rings is 1. The predicted molar refractivity (Wildman–Crippen MR) is 81.1 cm³/mol. The maximum absolute atomic E-state index is 13.4. The number of aromatic nitrogens is 2. The number of rotatable bonds is 3. The van der Waals surface area contributed by atoms with Crippen molar-refractivity contribution in [3.8, 4) is 21.7 Å². The number of nitrogens with one attached hydrogen (secondary N) is 1. The molecule has 2 aromatic heterocycles. The Balaban J connectivity index is 2.14. The number of hydrogen-bond acceptors (Lipinski definition) is 3. The van der Waals surface area contributed by atoms with Crippen LogP contribution in [0.15, 0.2) is 36.4 Å². The number of thiophene rings is 1. The molecule has 3 aromatic rings. The van der Waals surface area contributed by atoms with E-state index >= 15 is 0 Å². The van der Waals surface area contributed by atoms with Gasteiger partial charge in [-0.15, -0.1) is 11.3 Å². The van der Waals surface area contributed by atoms with Crippen molar-refractivity contribution >= 4 is 17.2 Å². The van der Waals surface area contributed by atoms with Crippen LogP contribution in [0.3, 0.4) is 0 Å². The van der Waals surface area contributed by atoms with Crippen LogP contribution in [-0.2, 0) is 6.42 Å². The van der Waals surface area contributed by atoms with Gasteiger partial charge in [-0.2, -0.15) is 5.10 Å². The van der Waals surface area contributed by atoms with Crippen molar-refractivity contribution in [1.29, 1.82) is 0 Å². The molecule has 0 atom stereocenters. The van der Waals surface area contributed by atoms with Crippen LogP contribution in [0.25, 0.3) is 21.7 Å². The summed E-state index contributed by atoms with van der Waals surface area (Å²) < 4.78 is 13.4. The van der Waals surface area contributed by atoms with E-state index in [1.807, 2.05) is 12.1 Å². The number of aromatic amines is 1. The van der Waals surface area contributed by atoms with Gasteiger partial charge in [0.2, 0.25) is 0 Å². The summed E-state index contributed by atoms with van der Waals surface area (Å²) in [7, 11) is 0. The predicted octanol–water partition coefficient (Wildman–Crippen LogP) is 4.09. The van der Waals surface area contributed by atoms with E-state index in [4.69, 9.17) is 5.73 Å². The van der Waals surface area contributed by atoms with E-state index in [0.29, 0.717) is 5.82 Å². The highest BCUT2D eigenvalue weighted by atomic mass is 32.1. The minimum atomic E-state index is -0.283. The molecular weight excluding hydrogens is 273 g/mol. The van der Waals surface area contributed by atoms with Gasteiger partial charge in [-0.05, 0) is 36.2 Å². The highest BCUT2D eigenvalue weighted by Crippen LogP contribution is 2.37. The molecule has 0 spiro atoms. The lowest BCUT2D eigenvalue weighted by atomic mass is 10.0. The lowest BCUT2D eigenvalue weighted by Gasteiger charge is -2.03. The summed E-state index contributed by atoms with van der Waals surface area (Å²) in [5, 5.41) is 7.03. The van der Waals surface area contributed by atoms with E-state index in [2.05, 4.69) is 23.2 Å². The Morgan fingerprint density at radius 1 is 1.30 bits per heavy atom. The average molecular weight is 287 g/mol. The first kappa shape index (κ1) is 12.9. The monoisotopic (exact) mass is 287 g/mol. The van der Waals surface area contributed by atoms with Gasteiger partial charge in [0.05, 0.1) is 16.1 Å². The average Bonchev–Trinajstić information content (AvgIpc) is 3.04. The summed E-state index contributed by atoms with van der Waals surface area (Å²) in [6.45, 7) is 2.12. The van der Waals surface area contributed by atoms with Crippen molar-refractivity contribution in [1.82, 2.24) is 10.2 Å². The summed E-state index contributed by atoms with van der Waals surface area (Å²) >= 11 is 1.69. The molecule has 0 bridgehead atoms. The summed E-state index contributed by atoms with van der Waals surface area (Å²) in [6, 6.07) is 10.5. The molecule has 2 heterocycles. The topological polar surface area (TPSA) is 54.7 Å². The van der Waals surface area contributed by atoms with E-state index in [0.717, 1.165) is 28.1 Å². The lowest BCUT2D eigenvalue weighted by molar-refractivity contribution is 0.628. The summed E-state index contributed by atoms with van der Waals surface area (Å²) in [4.78, 5) is 2.35. The van der Waals surface area contributed by atoms with Gasteiger partial charge in [0.1, 0.15) is 5.82 Å². The standard InChI is InChI=1S/C15H14FN3S/c1-2-11-6-7-12(20-11)14-13(15(17)19-18-14)9-4-3-5-10(16)8-9/h3-8H,2H2,1H3,(H3,17,18,19). The van der Waals surface area contributed by atoms with Crippen molar-refractivity contribution in [3.05, 3.63) is 47.1 Å². The van der Waals surface area contributed by atoms with Gasteiger partial charge in [-0.1, -0.05) is 19.1 Å². The van der Waals surface area contributed by atoms with Crippen molar-refractivity contribution in [2.24, 2.45) is 0 Å². The Bertz CT molecular complexity index is 745. The first-order valence-electron chi connectivity index (χ1n) is 6.38. The minimum absolute atomic E-state index is 0.283. The first-order valence-corrected chi connectivity index (χ1v) is 7.19. The smallest absolute Gasteiger partial charge is 0.153 e. The first-order chi connectivity index (χ1) is 9.69. The molecular formula is C15H14FN3S. The number of aryl methyl sites for hydroxylation is 1. The SMILES string of the molecule is CCc1ccc(-c2[nH]nc(N)c2-c2cccc(F)c2)s1. The Morgan fingerprint density at radius 2 is 2.15 bits per heavy atom. The molecule has 0 saturated carbocycles. The van der Waals surface area contributed by atoms with E-state index < -0.39 is 0 Å². The molecule has 0 aliphatic carbocycles. The van der Waals surface area contributed by atoms with Gasteiger partial charge in [-0.3, -0.25) is 5.10 Å². The number of H-pyrrole nitrogens is 1. The van der Waals surface area contributed by atoms with Gasteiger partial charge >= 0.3 is 0 Å². The van der Waals surface area contributed by atoms with Gasteiger partial charge in [0, 0.05) is 4.88 Å². The van der Waals surface area contributed by atoms with Gasteiger partial charge in [0.25, 0.3) is 0 Å². The van der Waals surface area contributed by atoms with Crippen molar-refractivity contribution in [3.63, 3.8) is 0 Å². The Labute approximate surface area is 120 Å². The number of halogens is 1. The number of anilines is 1. The Kier molecular flexibility index (Phi) is 3.28. The molecule has 0 fully saturated rings. The number of nitrogens with two attached hydrogens (primary N) is 1. The molecule has 0 saturated heterocycles. The van der Waals surface area contributed by atoms with E-state index in [9.17, 15) is 4.39 Å². The van der Waals surface area contributed by atoms with Crippen LogP contribution in [0.5, 0.6) is 0 Å². The molecule has 3 rings (SSSR count). The molecule has 1 aromatic carbocycles.